The summed E-state index contributed by atoms with van der Waals surface area (Å²) in [5.41, 5.74) is 5.60. The number of rotatable bonds is 3. The van der Waals surface area contributed by atoms with Gasteiger partial charge in [-0.1, -0.05) is 39.7 Å². The predicted molar refractivity (Wildman–Crippen MR) is 87.9 cm³/mol. The van der Waals surface area contributed by atoms with Gasteiger partial charge < -0.3 is 9.84 Å². The summed E-state index contributed by atoms with van der Waals surface area (Å²) in [7, 11) is 0. The number of halogens is 1. The van der Waals surface area contributed by atoms with Gasteiger partial charge in [-0.25, -0.2) is 0 Å². The molecule has 1 aliphatic heterocycles. The number of aryl methyl sites for hydroxylation is 2. The van der Waals surface area contributed by atoms with Crippen LogP contribution in [0.4, 0.5) is 0 Å². The molecular weight excluding hydrogens is 328 g/mol. The Morgan fingerprint density at radius 3 is 2.86 bits per heavy atom. The molecule has 0 aromatic heterocycles. The molecule has 1 aliphatic rings. The maximum Gasteiger partial charge on any atom is 0.125 e. The van der Waals surface area contributed by atoms with E-state index in [2.05, 4.69) is 53.2 Å². The first-order chi connectivity index (χ1) is 10.0. The van der Waals surface area contributed by atoms with Crippen LogP contribution >= 0.6 is 15.9 Å². The van der Waals surface area contributed by atoms with Crippen LogP contribution in [0, 0.1) is 13.8 Å². The topological polar surface area (TPSA) is 29.5 Å². The smallest absolute Gasteiger partial charge is 0.125 e. The van der Waals surface area contributed by atoms with E-state index in [0.717, 1.165) is 39.9 Å². The SMILES string of the molecule is Cc1ccc(C)c(C(O)Cc2cc(Br)cc3c2OCC3)c1. The molecule has 0 spiro atoms. The van der Waals surface area contributed by atoms with Gasteiger partial charge in [-0.3, -0.25) is 0 Å². The summed E-state index contributed by atoms with van der Waals surface area (Å²) >= 11 is 3.55. The highest BCUT2D eigenvalue weighted by Gasteiger charge is 2.20. The van der Waals surface area contributed by atoms with Gasteiger partial charge in [0.05, 0.1) is 12.7 Å². The number of benzene rings is 2. The van der Waals surface area contributed by atoms with E-state index in [1.807, 2.05) is 6.92 Å². The Labute approximate surface area is 133 Å². The fourth-order valence-electron chi connectivity index (χ4n) is 2.93. The molecule has 1 unspecified atom stereocenters. The lowest BCUT2D eigenvalue weighted by Gasteiger charge is -2.17. The zero-order valence-electron chi connectivity index (χ0n) is 12.3. The fourth-order valence-corrected chi connectivity index (χ4v) is 3.49. The van der Waals surface area contributed by atoms with Gasteiger partial charge in [0.1, 0.15) is 5.75 Å². The second-order valence-electron chi connectivity index (χ2n) is 5.73. The molecule has 1 atom stereocenters. The molecule has 110 valence electrons. The molecular formula is C18H19BrO2. The summed E-state index contributed by atoms with van der Waals surface area (Å²) in [5.74, 6) is 0.961. The molecule has 3 rings (SSSR count). The summed E-state index contributed by atoms with van der Waals surface area (Å²) < 4.78 is 6.79. The number of aliphatic hydroxyl groups is 1. The van der Waals surface area contributed by atoms with Crippen LogP contribution in [-0.4, -0.2) is 11.7 Å². The Morgan fingerprint density at radius 2 is 2.05 bits per heavy atom. The molecule has 0 radical (unpaired) electrons. The number of hydrogen-bond donors (Lipinski definition) is 1. The number of hydrogen-bond acceptors (Lipinski definition) is 2. The minimum absolute atomic E-state index is 0.507. The molecule has 1 heterocycles. The highest BCUT2D eigenvalue weighted by Crippen LogP contribution is 2.35. The first kappa shape index (κ1) is 14.6. The van der Waals surface area contributed by atoms with Crippen molar-refractivity contribution >= 4 is 15.9 Å². The van der Waals surface area contributed by atoms with E-state index in [-0.39, 0.29) is 0 Å². The van der Waals surface area contributed by atoms with Crippen LogP contribution in [0.5, 0.6) is 5.75 Å². The van der Waals surface area contributed by atoms with Gasteiger partial charge in [0, 0.05) is 17.3 Å². The van der Waals surface area contributed by atoms with Crippen molar-refractivity contribution in [2.24, 2.45) is 0 Å². The van der Waals surface area contributed by atoms with Crippen molar-refractivity contribution in [3.8, 4) is 5.75 Å². The monoisotopic (exact) mass is 346 g/mol. The lowest BCUT2D eigenvalue weighted by atomic mass is 9.95. The van der Waals surface area contributed by atoms with Gasteiger partial charge in [-0.2, -0.15) is 0 Å². The second-order valence-corrected chi connectivity index (χ2v) is 6.65. The lowest BCUT2D eigenvalue weighted by Crippen LogP contribution is -2.05. The summed E-state index contributed by atoms with van der Waals surface area (Å²) in [5, 5.41) is 10.6. The molecule has 21 heavy (non-hydrogen) atoms. The number of fused-ring (bicyclic) bond motifs is 1. The molecule has 1 N–H and O–H groups in total. The van der Waals surface area contributed by atoms with Crippen molar-refractivity contribution in [2.75, 3.05) is 6.61 Å². The van der Waals surface area contributed by atoms with Crippen LogP contribution in [-0.2, 0) is 12.8 Å². The van der Waals surface area contributed by atoms with E-state index in [1.54, 1.807) is 0 Å². The minimum atomic E-state index is -0.507. The fraction of sp³-hybridized carbons (Fsp3) is 0.333. The van der Waals surface area contributed by atoms with Crippen LogP contribution in [0.15, 0.2) is 34.8 Å². The molecule has 2 aromatic carbocycles. The van der Waals surface area contributed by atoms with E-state index >= 15 is 0 Å². The van der Waals surface area contributed by atoms with E-state index in [4.69, 9.17) is 4.74 Å². The Hall–Kier alpha value is -1.32. The third-order valence-corrected chi connectivity index (χ3v) is 4.49. The molecule has 0 fully saturated rings. The van der Waals surface area contributed by atoms with Gasteiger partial charge >= 0.3 is 0 Å². The number of aliphatic hydroxyl groups excluding tert-OH is 1. The molecule has 0 aliphatic carbocycles. The van der Waals surface area contributed by atoms with Gasteiger partial charge in [-0.15, -0.1) is 0 Å². The molecule has 3 heteroatoms. The minimum Gasteiger partial charge on any atom is -0.493 e. The summed E-state index contributed by atoms with van der Waals surface area (Å²) in [6, 6.07) is 10.4. The maximum absolute atomic E-state index is 10.6. The van der Waals surface area contributed by atoms with Crippen LogP contribution in [0.25, 0.3) is 0 Å². The normalized spacial score (nSPS) is 14.7. The van der Waals surface area contributed by atoms with Gasteiger partial charge in [0.15, 0.2) is 0 Å². The Kier molecular flexibility index (Phi) is 4.05. The first-order valence-corrected chi connectivity index (χ1v) is 8.03. The highest BCUT2D eigenvalue weighted by molar-refractivity contribution is 9.10. The highest BCUT2D eigenvalue weighted by atomic mass is 79.9. The third-order valence-electron chi connectivity index (χ3n) is 4.03. The van der Waals surface area contributed by atoms with Crippen LogP contribution in [0.2, 0.25) is 0 Å². The van der Waals surface area contributed by atoms with Crippen molar-refractivity contribution in [1.29, 1.82) is 0 Å². The van der Waals surface area contributed by atoms with Gasteiger partial charge in [0.25, 0.3) is 0 Å². The molecule has 0 saturated heterocycles. The van der Waals surface area contributed by atoms with Crippen molar-refractivity contribution in [1.82, 2.24) is 0 Å². The van der Waals surface area contributed by atoms with Crippen LogP contribution in [0.3, 0.4) is 0 Å². The average molecular weight is 347 g/mol. The first-order valence-electron chi connectivity index (χ1n) is 7.24. The standard InChI is InChI=1S/C18H19BrO2/c1-11-3-4-12(2)16(7-11)17(20)10-14-9-15(19)8-13-5-6-21-18(13)14/h3-4,7-9,17,20H,5-6,10H2,1-2H3. The maximum atomic E-state index is 10.6. The van der Waals surface area contributed by atoms with Gasteiger partial charge in [-0.05, 0) is 48.2 Å². The van der Waals surface area contributed by atoms with Crippen LogP contribution in [0.1, 0.15) is 33.9 Å². The lowest BCUT2D eigenvalue weighted by molar-refractivity contribution is 0.176. The number of ether oxygens (including phenoxy) is 1. The summed E-state index contributed by atoms with van der Waals surface area (Å²) in [6.07, 6.45) is 1.01. The van der Waals surface area contributed by atoms with E-state index in [0.29, 0.717) is 6.42 Å². The van der Waals surface area contributed by atoms with Crippen molar-refractivity contribution in [3.63, 3.8) is 0 Å². The summed E-state index contributed by atoms with van der Waals surface area (Å²) in [6.45, 7) is 4.83. The van der Waals surface area contributed by atoms with Gasteiger partial charge in [0.2, 0.25) is 0 Å². The van der Waals surface area contributed by atoms with E-state index < -0.39 is 6.10 Å². The zero-order valence-corrected chi connectivity index (χ0v) is 13.9. The summed E-state index contributed by atoms with van der Waals surface area (Å²) in [4.78, 5) is 0. The zero-order chi connectivity index (χ0) is 15.0. The average Bonchev–Trinajstić information content (AvgIpc) is 2.89. The molecule has 0 amide bonds. The largest absolute Gasteiger partial charge is 0.493 e. The van der Waals surface area contributed by atoms with E-state index in [9.17, 15) is 5.11 Å². The third kappa shape index (κ3) is 2.99. The van der Waals surface area contributed by atoms with Crippen molar-refractivity contribution in [2.45, 2.75) is 32.8 Å². The van der Waals surface area contributed by atoms with Crippen LogP contribution < -0.4 is 4.74 Å². The van der Waals surface area contributed by atoms with E-state index in [1.165, 1.54) is 11.1 Å². The van der Waals surface area contributed by atoms with Crippen molar-refractivity contribution in [3.05, 3.63) is 62.6 Å². The Bertz CT molecular complexity index is 679. The molecule has 0 bridgehead atoms. The molecule has 2 nitrogen and oxygen atoms in total. The van der Waals surface area contributed by atoms with Crippen molar-refractivity contribution < 1.29 is 9.84 Å². The predicted octanol–water partition coefficient (Wildman–Crippen LogP) is 4.28. The quantitative estimate of drug-likeness (QED) is 0.898. The Balaban J connectivity index is 1.92. The molecule has 2 aromatic rings. The second kappa shape index (κ2) is 5.82. The Morgan fingerprint density at radius 1 is 1.24 bits per heavy atom. The molecule has 0 saturated carbocycles.